The third kappa shape index (κ3) is 19.0. The number of rotatable bonds is 6. The maximum atomic E-state index is 11.5. The van der Waals surface area contributed by atoms with Crippen molar-refractivity contribution >= 4 is 5.97 Å². The first-order valence-corrected chi connectivity index (χ1v) is 7.73. The maximum Gasteiger partial charge on any atom is 0.338 e. The lowest BCUT2D eigenvalue weighted by Gasteiger charge is -2.07. The van der Waals surface area contributed by atoms with Gasteiger partial charge in [-0.2, -0.15) is 0 Å². The first kappa shape index (κ1) is 23.8. The molecule has 118 valence electrons. The van der Waals surface area contributed by atoms with Gasteiger partial charge in [-0.15, -0.1) is 0 Å². The van der Waals surface area contributed by atoms with Crippen LogP contribution in [0.1, 0.15) is 67.7 Å². The molecule has 0 aliphatic carbocycles. The van der Waals surface area contributed by atoms with E-state index < -0.39 is 0 Å². The largest absolute Gasteiger partial charge is 0.459 e. The first-order valence-electron chi connectivity index (χ1n) is 7.73. The second kappa shape index (κ2) is 20.0. The van der Waals surface area contributed by atoms with E-state index in [4.69, 9.17) is 4.74 Å². The minimum Gasteiger partial charge on any atom is -0.459 e. The van der Waals surface area contributed by atoms with Gasteiger partial charge < -0.3 is 4.74 Å². The van der Waals surface area contributed by atoms with Crippen molar-refractivity contribution in [2.75, 3.05) is 0 Å². The topological polar surface area (TPSA) is 26.3 Å². The summed E-state index contributed by atoms with van der Waals surface area (Å²) in [7, 11) is 0. The van der Waals surface area contributed by atoms with Crippen molar-refractivity contribution < 1.29 is 9.53 Å². The molecule has 0 N–H and O–H groups in total. The molecule has 0 spiro atoms. The van der Waals surface area contributed by atoms with E-state index in [0.717, 1.165) is 12.8 Å². The van der Waals surface area contributed by atoms with Crippen molar-refractivity contribution in [2.24, 2.45) is 0 Å². The summed E-state index contributed by atoms with van der Waals surface area (Å²) >= 11 is 0. The van der Waals surface area contributed by atoms with Crippen LogP contribution < -0.4 is 0 Å². The number of carbonyl (C=O) groups is 1. The van der Waals surface area contributed by atoms with Crippen LogP contribution in [0, 0.1) is 0 Å². The third-order valence-corrected chi connectivity index (χ3v) is 1.63. The Morgan fingerprint density at radius 2 is 1.70 bits per heavy atom. The zero-order chi connectivity index (χ0) is 16.4. The van der Waals surface area contributed by atoms with Gasteiger partial charge in [-0.3, -0.25) is 0 Å². The predicted molar refractivity (Wildman–Crippen MR) is 90.9 cm³/mol. The first-order chi connectivity index (χ1) is 9.53. The summed E-state index contributed by atoms with van der Waals surface area (Å²) in [6.45, 7) is 17.6. The lowest BCUT2D eigenvalue weighted by Crippen LogP contribution is -2.12. The van der Waals surface area contributed by atoms with Crippen LogP contribution in [0.2, 0.25) is 0 Å². The molecule has 0 saturated heterocycles. The minimum atomic E-state index is -0.294. The number of allylic oxidation sites excluding steroid dienone is 3. The number of esters is 1. The summed E-state index contributed by atoms with van der Waals surface area (Å²) < 4.78 is 5.09. The quantitative estimate of drug-likeness (QED) is 0.347. The SMILES string of the molecule is C=C/C=C(\C=C/CCC)C(=O)OC(C)C.CC.CCC. The Hall–Kier alpha value is -1.31. The molecule has 0 aromatic carbocycles. The molecule has 2 nitrogen and oxygen atoms in total. The van der Waals surface area contributed by atoms with Gasteiger partial charge in [0, 0.05) is 0 Å². The molecule has 20 heavy (non-hydrogen) atoms. The maximum absolute atomic E-state index is 11.5. The van der Waals surface area contributed by atoms with Crippen molar-refractivity contribution in [2.45, 2.75) is 73.8 Å². The highest BCUT2D eigenvalue weighted by atomic mass is 16.5. The highest BCUT2D eigenvalue weighted by molar-refractivity contribution is 5.91. The molecule has 2 heteroatoms. The highest BCUT2D eigenvalue weighted by Gasteiger charge is 2.08. The Labute approximate surface area is 126 Å². The van der Waals surface area contributed by atoms with Gasteiger partial charge in [0.25, 0.3) is 0 Å². The molecule has 0 aliphatic heterocycles. The highest BCUT2D eigenvalue weighted by Crippen LogP contribution is 2.05. The van der Waals surface area contributed by atoms with Crippen molar-refractivity contribution in [1.29, 1.82) is 0 Å². The molecule has 0 aromatic heterocycles. The molecule has 0 atom stereocenters. The number of unbranched alkanes of at least 4 members (excludes halogenated alkanes) is 1. The van der Waals surface area contributed by atoms with Gasteiger partial charge in [-0.1, -0.05) is 72.3 Å². The Morgan fingerprint density at radius 1 is 1.20 bits per heavy atom. The summed E-state index contributed by atoms with van der Waals surface area (Å²) in [5.74, 6) is -0.294. The third-order valence-electron chi connectivity index (χ3n) is 1.63. The smallest absolute Gasteiger partial charge is 0.338 e. The van der Waals surface area contributed by atoms with Crippen molar-refractivity contribution in [3.05, 3.63) is 36.5 Å². The Kier molecular flexibility index (Phi) is 23.8. The van der Waals surface area contributed by atoms with Gasteiger partial charge in [-0.25, -0.2) is 4.79 Å². The van der Waals surface area contributed by atoms with Crippen molar-refractivity contribution in [3.63, 3.8) is 0 Å². The summed E-state index contributed by atoms with van der Waals surface area (Å²) in [6.07, 6.45) is 10.2. The minimum absolute atomic E-state index is 0.0923. The van der Waals surface area contributed by atoms with E-state index in [0.29, 0.717) is 5.57 Å². The van der Waals surface area contributed by atoms with E-state index in [-0.39, 0.29) is 12.1 Å². The number of ether oxygens (including phenoxy) is 1. The molecule has 0 fully saturated rings. The summed E-state index contributed by atoms with van der Waals surface area (Å²) in [4.78, 5) is 11.5. The van der Waals surface area contributed by atoms with E-state index >= 15 is 0 Å². The number of hydrogen-bond donors (Lipinski definition) is 0. The summed E-state index contributed by atoms with van der Waals surface area (Å²) in [6, 6.07) is 0. The van der Waals surface area contributed by atoms with Gasteiger partial charge in [0.15, 0.2) is 0 Å². The Balaban J connectivity index is -0.000000505. The van der Waals surface area contributed by atoms with Crippen LogP contribution in [0.4, 0.5) is 0 Å². The molecule has 0 rings (SSSR count). The molecule has 0 aliphatic rings. The van der Waals surface area contributed by atoms with Crippen LogP contribution in [0.25, 0.3) is 0 Å². The molecule has 0 aromatic rings. The molecular weight excluding hydrogens is 248 g/mol. The summed E-state index contributed by atoms with van der Waals surface area (Å²) in [5.41, 5.74) is 0.548. The zero-order valence-electron chi connectivity index (χ0n) is 14.5. The van der Waals surface area contributed by atoms with E-state index in [1.54, 1.807) is 18.2 Å². The van der Waals surface area contributed by atoms with Crippen molar-refractivity contribution in [1.82, 2.24) is 0 Å². The average Bonchev–Trinajstić information content (AvgIpc) is 2.40. The lowest BCUT2D eigenvalue weighted by molar-refractivity contribution is -0.142. The summed E-state index contributed by atoms with van der Waals surface area (Å²) in [5, 5.41) is 0. The van der Waals surface area contributed by atoms with Crippen molar-refractivity contribution in [3.8, 4) is 0 Å². The Bertz CT molecular complexity index is 273. The molecule has 0 unspecified atom stereocenters. The zero-order valence-corrected chi connectivity index (χ0v) is 14.5. The Morgan fingerprint density at radius 3 is 2.05 bits per heavy atom. The molecule has 0 bridgehead atoms. The van der Waals surface area contributed by atoms with Crippen LogP contribution >= 0.6 is 0 Å². The fourth-order valence-electron chi connectivity index (χ4n) is 0.978. The molecule has 0 amide bonds. The van der Waals surface area contributed by atoms with E-state index in [2.05, 4.69) is 27.4 Å². The fraction of sp³-hybridized carbons (Fsp3) is 0.611. The van der Waals surface area contributed by atoms with Crippen LogP contribution in [0.5, 0.6) is 0 Å². The average molecular weight is 282 g/mol. The predicted octanol–water partition coefficient (Wildman–Crippen LogP) is 5.85. The fourth-order valence-corrected chi connectivity index (χ4v) is 0.978. The van der Waals surface area contributed by atoms with Gasteiger partial charge in [0.05, 0.1) is 11.7 Å². The van der Waals surface area contributed by atoms with Gasteiger partial charge >= 0.3 is 5.97 Å². The monoisotopic (exact) mass is 282 g/mol. The lowest BCUT2D eigenvalue weighted by atomic mass is 10.2. The van der Waals surface area contributed by atoms with Crippen LogP contribution in [0.15, 0.2) is 36.5 Å². The van der Waals surface area contributed by atoms with Crippen LogP contribution in [-0.4, -0.2) is 12.1 Å². The normalized spacial score (nSPS) is 10.3. The van der Waals surface area contributed by atoms with Crippen LogP contribution in [0.3, 0.4) is 0 Å². The van der Waals surface area contributed by atoms with Gasteiger partial charge in [0.2, 0.25) is 0 Å². The van der Waals surface area contributed by atoms with E-state index in [9.17, 15) is 4.79 Å². The van der Waals surface area contributed by atoms with Gasteiger partial charge in [0.1, 0.15) is 0 Å². The van der Waals surface area contributed by atoms with Crippen LogP contribution in [-0.2, 0) is 9.53 Å². The molecule has 0 heterocycles. The molecule has 0 radical (unpaired) electrons. The second-order valence-corrected chi connectivity index (χ2v) is 4.21. The van der Waals surface area contributed by atoms with E-state index in [1.165, 1.54) is 6.42 Å². The second-order valence-electron chi connectivity index (χ2n) is 4.21. The standard InChI is InChI=1S/C13H20O2.C3H8.C2H6/c1-5-7-8-10-12(9-6-2)13(14)15-11(3)4;1-3-2;1-2/h6,8-11H,2,5,7H2,1,3-4H3;3H2,1-2H3;1-2H3/b10-8-,12-9+;;. The molecule has 0 saturated carbocycles. The van der Waals surface area contributed by atoms with Gasteiger partial charge in [-0.05, 0) is 26.3 Å². The number of carbonyl (C=O) groups excluding carboxylic acids is 1. The number of hydrogen-bond acceptors (Lipinski definition) is 2. The molecular formula is C18H34O2. The van der Waals surface area contributed by atoms with E-state index in [1.807, 2.05) is 33.8 Å².